The minimum atomic E-state index is -0.0510. The van der Waals surface area contributed by atoms with Crippen LogP contribution < -0.4 is 5.32 Å². The molecule has 0 fully saturated rings. The lowest BCUT2D eigenvalue weighted by Crippen LogP contribution is -2.15. The van der Waals surface area contributed by atoms with Gasteiger partial charge in [-0.25, -0.2) is 0 Å². The van der Waals surface area contributed by atoms with Crippen molar-refractivity contribution in [2.24, 2.45) is 0 Å². The summed E-state index contributed by atoms with van der Waals surface area (Å²) in [5, 5.41) is 11.8. The second-order valence-electron chi connectivity index (χ2n) is 4.70. The molecule has 1 heterocycles. The molecule has 2 rings (SSSR count). The van der Waals surface area contributed by atoms with Gasteiger partial charge in [0.05, 0.1) is 11.4 Å². The summed E-state index contributed by atoms with van der Waals surface area (Å²) in [6.45, 7) is 8.35. The molecule has 0 aliphatic carbocycles. The Morgan fingerprint density at radius 3 is 2.87 bits per heavy atom. The van der Waals surface area contributed by atoms with Crippen molar-refractivity contribution >= 4 is 35.1 Å². The summed E-state index contributed by atoms with van der Waals surface area (Å²) in [4.78, 5) is 13.3. The van der Waals surface area contributed by atoms with Crippen LogP contribution in [0.1, 0.15) is 12.7 Å². The molecule has 122 valence electrons. The van der Waals surface area contributed by atoms with Gasteiger partial charge in [-0.05, 0) is 24.8 Å². The van der Waals surface area contributed by atoms with Crippen LogP contribution in [0.25, 0.3) is 0 Å². The average Bonchev–Trinajstić information content (AvgIpc) is 2.89. The Hall–Kier alpha value is -1.73. The second-order valence-corrected chi connectivity index (χ2v) is 6.94. The quantitative estimate of drug-likeness (QED) is 0.583. The van der Waals surface area contributed by atoms with E-state index in [2.05, 4.69) is 29.0 Å². The van der Waals surface area contributed by atoms with Crippen molar-refractivity contribution in [2.45, 2.75) is 30.4 Å². The van der Waals surface area contributed by atoms with Gasteiger partial charge in [-0.3, -0.25) is 4.79 Å². The standard InChI is InChI=1S/C16H20N4OS2/c1-4-10-20-12(3)18-19-16(20)23-11-15(21)17-13-8-6-7-9-14(13)22-5-2/h4,6-9H,1,5,10-11H2,2-3H3,(H,17,21). The van der Waals surface area contributed by atoms with Crippen LogP contribution >= 0.6 is 23.5 Å². The van der Waals surface area contributed by atoms with Gasteiger partial charge in [-0.2, -0.15) is 0 Å². The van der Waals surface area contributed by atoms with Crippen molar-refractivity contribution in [3.05, 3.63) is 42.7 Å². The summed E-state index contributed by atoms with van der Waals surface area (Å²) in [7, 11) is 0. The number of carbonyl (C=O) groups is 1. The smallest absolute Gasteiger partial charge is 0.234 e. The summed E-state index contributed by atoms with van der Waals surface area (Å²) in [6.07, 6.45) is 1.79. The number of benzene rings is 1. The minimum absolute atomic E-state index is 0.0510. The van der Waals surface area contributed by atoms with Crippen LogP contribution in [0.5, 0.6) is 0 Å². The van der Waals surface area contributed by atoms with Gasteiger partial charge in [0.15, 0.2) is 5.16 Å². The van der Waals surface area contributed by atoms with Crippen molar-refractivity contribution in [3.8, 4) is 0 Å². The zero-order valence-electron chi connectivity index (χ0n) is 13.3. The number of carbonyl (C=O) groups excluding carboxylic acids is 1. The van der Waals surface area contributed by atoms with Crippen LogP contribution in [0.2, 0.25) is 0 Å². The zero-order chi connectivity index (χ0) is 16.7. The number of amides is 1. The van der Waals surface area contributed by atoms with Gasteiger partial charge in [-0.15, -0.1) is 28.5 Å². The molecule has 0 aliphatic rings. The van der Waals surface area contributed by atoms with E-state index in [-0.39, 0.29) is 5.91 Å². The fourth-order valence-corrected chi connectivity index (χ4v) is 3.53. The van der Waals surface area contributed by atoms with Crippen molar-refractivity contribution in [1.29, 1.82) is 0 Å². The van der Waals surface area contributed by atoms with Crippen LogP contribution in [0.4, 0.5) is 5.69 Å². The first-order chi connectivity index (χ1) is 11.2. The van der Waals surface area contributed by atoms with Gasteiger partial charge < -0.3 is 9.88 Å². The molecule has 0 spiro atoms. The highest BCUT2D eigenvalue weighted by Crippen LogP contribution is 2.27. The Morgan fingerprint density at radius 2 is 2.13 bits per heavy atom. The van der Waals surface area contributed by atoms with E-state index in [1.54, 1.807) is 17.8 Å². The topological polar surface area (TPSA) is 59.8 Å². The van der Waals surface area contributed by atoms with Crippen LogP contribution in [0.15, 0.2) is 47.0 Å². The predicted octanol–water partition coefficient (Wildman–Crippen LogP) is 3.62. The molecule has 0 saturated carbocycles. The number of rotatable bonds is 8. The maximum Gasteiger partial charge on any atom is 0.234 e. The van der Waals surface area contributed by atoms with Crippen molar-refractivity contribution in [1.82, 2.24) is 14.8 Å². The van der Waals surface area contributed by atoms with Gasteiger partial charge >= 0.3 is 0 Å². The first kappa shape index (κ1) is 17.6. The summed E-state index contributed by atoms with van der Waals surface area (Å²) in [6, 6.07) is 7.83. The number of aryl methyl sites for hydroxylation is 1. The molecule has 1 aromatic heterocycles. The molecule has 0 aliphatic heterocycles. The lowest BCUT2D eigenvalue weighted by atomic mass is 10.3. The monoisotopic (exact) mass is 348 g/mol. The fraction of sp³-hybridized carbons (Fsp3) is 0.312. The lowest BCUT2D eigenvalue weighted by Gasteiger charge is -2.10. The number of nitrogens with zero attached hydrogens (tertiary/aromatic N) is 3. The third-order valence-corrected chi connectivity index (χ3v) is 4.93. The Labute approximate surface area is 145 Å². The van der Waals surface area contributed by atoms with E-state index < -0.39 is 0 Å². The van der Waals surface area contributed by atoms with E-state index in [4.69, 9.17) is 0 Å². The van der Waals surface area contributed by atoms with Crippen molar-refractivity contribution in [2.75, 3.05) is 16.8 Å². The summed E-state index contributed by atoms with van der Waals surface area (Å²) in [5.74, 6) is 2.02. The van der Waals surface area contributed by atoms with Gasteiger partial charge in [0, 0.05) is 11.4 Å². The molecule has 0 radical (unpaired) electrons. The van der Waals surface area contributed by atoms with Crippen LogP contribution in [-0.4, -0.2) is 32.2 Å². The van der Waals surface area contributed by atoms with Crippen LogP contribution in [0, 0.1) is 6.92 Å². The maximum atomic E-state index is 12.2. The largest absolute Gasteiger partial charge is 0.324 e. The second kappa shape index (κ2) is 8.79. The molecule has 1 amide bonds. The predicted molar refractivity (Wildman–Crippen MR) is 97.1 cm³/mol. The third-order valence-electron chi connectivity index (χ3n) is 3.01. The maximum absolute atomic E-state index is 12.2. The average molecular weight is 348 g/mol. The Balaban J connectivity index is 1.97. The van der Waals surface area contributed by atoms with E-state index >= 15 is 0 Å². The molecule has 5 nitrogen and oxygen atoms in total. The molecule has 2 aromatic rings. The minimum Gasteiger partial charge on any atom is -0.324 e. The number of hydrogen-bond donors (Lipinski definition) is 1. The highest BCUT2D eigenvalue weighted by atomic mass is 32.2. The van der Waals surface area contributed by atoms with Gasteiger partial charge in [-0.1, -0.05) is 36.9 Å². The van der Waals surface area contributed by atoms with Gasteiger partial charge in [0.2, 0.25) is 5.91 Å². The van der Waals surface area contributed by atoms with E-state index in [1.165, 1.54) is 11.8 Å². The molecule has 0 unspecified atom stereocenters. The summed E-state index contributed by atoms with van der Waals surface area (Å²) >= 11 is 3.09. The molecule has 7 heteroatoms. The van der Waals surface area contributed by atoms with E-state index in [0.29, 0.717) is 12.3 Å². The van der Waals surface area contributed by atoms with E-state index in [1.807, 2.05) is 35.8 Å². The number of para-hydroxylation sites is 1. The summed E-state index contributed by atoms with van der Waals surface area (Å²) in [5.41, 5.74) is 0.855. The number of anilines is 1. The molecule has 0 atom stereocenters. The molecular formula is C16H20N4OS2. The van der Waals surface area contributed by atoms with Gasteiger partial charge in [0.1, 0.15) is 5.82 Å². The Kier molecular flexibility index (Phi) is 6.73. The van der Waals surface area contributed by atoms with E-state index in [9.17, 15) is 4.79 Å². The Bertz CT molecular complexity index is 684. The zero-order valence-corrected chi connectivity index (χ0v) is 14.9. The lowest BCUT2D eigenvalue weighted by molar-refractivity contribution is -0.113. The molecule has 1 aromatic carbocycles. The van der Waals surface area contributed by atoms with Gasteiger partial charge in [0.25, 0.3) is 0 Å². The third kappa shape index (κ3) is 4.87. The fourth-order valence-electron chi connectivity index (χ4n) is 1.98. The normalized spacial score (nSPS) is 10.5. The van der Waals surface area contributed by atoms with Crippen LogP contribution in [-0.2, 0) is 11.3 Å². The number of nitrogens with one attached hydrogen (secondary N) is 1. The highest BCUT2D eigenvalue weighted by Gasteiger charge is 2.12. The van der Waals surface area contributed by atoms with Crippen LogP contribution in [0.3, 0.4) is 0 Å². The highest BCUT2D eigenvalue weighted by molar-refractivity contribution is 8.00. The number of hydrogen-bond acceptors (Lipinski definition) is 5. The summed E-state index contributed by atoms with van der Waals surface area (Å²) < 4.78 is 1.94. The first-order valence-electron chi connectivity index (χ1n) is 7.30. The number of aromatic nitrogens is 3. The molecule has 1 N–H and O–H groups in total. The molecular weight excluding hydrogens is 328 g/mol. The molecule has 0 bridgehead atoms. The Morgan fingerprint density at radius 1 is 1.35 bits per heavy atom. The number of thioether (sulfide) groups is 2. The van der Waals surface area contributed by atoms with E-state index in [0.717, 1.165) is 27.3 Å². The van der Waals surface area contributed by atoms with Crippen molar-refractivity contribution in [3.63, 3.8) is 0 Å². The number of allylic oxidation sites excluding steroid dienone is 1. The molecule has 0 saturated heterocycles. The molecule has 23 heavy (non-hydrogen) atoms. The first-order valence-corrected chi connectivity index (χ1v) is 9.28. The van der Waals surface area contributed by atoms with Crippen molar-refractivity contribution < 1.29 is 4.79 Å². The SMILES string of the molecule is C=CCn1c(C)nnc1SCC(=O)Nc1ccccc1SCC.